The summed E-state index contributed by atoms with van der Waals surface area (Å²) < 4.78 is 6.50. The number of non-ortho nitro benzene ring substituents is 1. The van der Waals surface area contributed by atoms with Crippen molar-refractivity contribution in [3.05, 3.63) is 58.2 Å². The number of aliphatic hydroxyl groups excluding tert-OH is 1. The fourth-order valence-electron chi connectivity index (χ4n) is 3.20. The second kappa shape index (κ2) is 8.01. The molecule has 0 saturated carbocycles. The van der Waals surface area contributed by atoms with Crippen LogP contribution in [-0.4, -0.2) is 40.4 Å². The number of ether oxygens (including phenoxy) is 1. The van der Waals surface area contributed by atoms with Crippen LogP contribution in [0.1, 0.15) is 32.8 Å². The minimum Gasteiger partial charge on any atom is -0.472 e. The first-order valence-corrected chi connectivity index (χ1v) is 8.83. The molecule has 0 fully saturated rings. The molecule has 1 N–H and O–H groups in total. The van der Waals surface area contributed by atoms with Crippen molar-refractivity contribution < 1.29 is 14.8 Å². The molecule has 1 unspecified atom stereocenters. The third-order valence-corrected chi connectivity index (χ3v) is 5.24. The molecule has 1 aromatic rings. The third kappa shape index (κ3) is 4.14. The highest BCUT2D eigenvalue weighted by atomic mass is 16.6. The number of nitrogens with zero attached hydrogens (tertiary/aromatic N) is 2. The highest BCUT2D eigenvalue weighted by Crippen LogP contribution is 2.42. The second-order valence-electron chi connectivity index (χ2n) is 7.41. The Balaban J connectivity index is 2.46. The average molecular weight is 360 g/mol. The van der Waals surface area contributed by atoms with Gasteiger partial charge in [-0.3, -0.25) is 15.0 Å². The zero-order chi connectivity index (χ0) is 19.4. The zero-order valence-corrected chi connectivity index (χ0v) is 15.9. The minimum atomic E-state index is -0.713. The maximum Gasteiger partial charge on any atom is 0.269 e. The minimum absolute atomic E-state index is 0.0234. The molecule has 142 valence electrons. The molecular formula is C20H28N2O4. The zero-order valence-electron chi connectivity index (χ0n) is 15.9. The number of aryl methyl sites for hydroxylation is 1. The molecule has 0 saturated heterocycles. The Labute approximate surface area is 154 Å². The maximum absolute atomic E-state index is 11.0. The number of aliphatic hydroxyl groups is 1. The molecule has 0 radical (unpaired) electrons. The summed E-state index contributed by atoms with van der Waals surface area (Å²) in [5.74, 6) is 0.612. The van der Waals surface area contributed by atoms with Gasteiger partial charge >= 0.3 is 0 Å². The highest BCUT2D eigenvalue weighted by molar-refractivity contribution is 5.43. The molecule has 1 heterocycles. The molecule has 1 atom stereocenters. The predicted octanol–water partition coefficient (Wildman–Crippen LogP) is 3.83. The molecule has 1 aromatic carbocycles. The van der Waals surface area contributed by atoms with Crippen molar-refractivity contribution in [3.63, 3.8) is 0 Å². The molecule has 0 aliphatic carbocycles. The number of rotatable bonds is 5. The quantitative estimate of drug-likeness (QED) is 0.638. The Morgan fingerprint density at radius 1 is 1.27 bits per heavy atom. The van der Waals surface area contributed by atoms with Crippen molar-refractivity contribution in [1.29, 1.82) is 0 Å². The third-order valence-electron chi connectivity index (χ3n) is 5.24. The van der Waals surface area contributed by atoms with Crippen molar-refractivity contribution in [3.8, 4) is 5.75 Å². The number of allylic oxidation sites excluding steroid dienone is 3. The van der Waals surface area contributed by atoms with E-state index in [0.717, 1.165) is 6.42 Å². The molecule has 2 rings (SSSR count). The van der Waals surface area contributed by atoms with Crippen LogP contribution in [0.15, 0.2) is 42.5 Å². The van der Waals surface area contributed by atoms with E-state index in [0.29, 0.717) is 24.4 Å². The second-order valence-corrected chi connectivity index (χ2v) is 7.41. The highest BCUT2D eigenvalue weighted by Gasteiger charge is 2.47. The van der Waals surface area contributed by atoms with E-state index in [1.807, 2.05) is 32.1 Å². The summed E-state index contributed by atoms with van der Waals surface area (Å²) in [7, 11) is 0. The number of nitro benzene ring substituents is 1. The average Bonchev–Trinajstić information content (AvgIpc) is 2.62. The lowest BCUT2D eigenvalue weighted by Crippen LogP contribution is -2.60. The van der Waals surface area contributed by atoms with E-state index < -0.39 is 10.6 Å². The van der Waals surface area contributed by atoms with Gasteiger partial charge in [-0.25, -0.2) is 0 Å². The SMILES string of the molecule is Cc1cc([N+](=O)[O-])ccc1OC1(C)N(CCO)C/C=C\C=C/CC1(C)C. The van der Waals surface area contributed by atoms with Gasteiger partial charge < -0.3 is 9.84 Å². The summed E-state index contributed by atoms with van der Waals surface area (Å²) in [6.45, 7) is 9.23. The van der Waals surface area contributed by atoms with Crippen molar-refractivity contribution in [2.24, 2.45) is 5.41 Å². The van der Waals surface area contributed by atoms with Crippen LogP contribution in [0.25, 0.3) is 0 Å². The van der Waals surface area contributed by atoms with Crippen molar-refractivity contribution in [1.82, 2.24) is 4.90 Å². The Bertz CT molecular complexity index is 712. The summed E-state index contributed by atoms with van der Waals surface area (Å²) in [6.07, 6.45) is 8.98. The van der Waals surface area contributed by atoms with Crippen molar-refractivity contribution in [2.45, 2.75) is 39.8 Å². The molecule has 0 amide bonds. The molecule has 26 heavy (non-hydrogen) atoms. The summed E-state index contributed by atoms with van der Waals surface area (Å²) >= 11 is 0. The van der Waals surface area contributed by atoms with Crippen LogP contribution < -0.4 is 4.74 Å². The Hall–Kier alpha value is -2.18. The van der Waals surface area contributed by atoms with E-state index in [1.54, 1.807) is 6.07 Å². The Kier molecular flexibility index (Phi) is 6.21. The maximum atomic E-state index is 11.0. The van der Waals surface area contributed by atoms with Gasteiger partial charge in [-0.15, -0.1) is 0 Å². The lowest BCUT2D eigenvalue weighted by molar-refractivity contribution is -0.384. The van der Waals surface area contributed by atoms with Crippen molar-refractivity contribution in [2.75, 3.05) is 19.7 Å². The first kappa shape index (κ1) is 20.1. The molecule has 0 aromatic heterocycles. The van der Waals surface area contributed by atoms with Crippen LogP contribution in [0.3, 0.4) is 0 Å². The molecule has 6 nitrogen and oxygen atoms in total. The topological polar surface area (TPSA) is 75.8 Å². The van der Waals surface area contributed by atoms with Crippen LogP contribution in [0, 0.1) is 22.5 Å². The molecule has 0 spiro atoms. The lowest BCUT2D eigenvalue weighted by atomic mass is 9.77. The van der Waals surface area contributed by atoms with E-state index in [1.165, 1.54) is 12.1 Å². The van der Waals surface area contributed by atoms with Gasteiger partial charge in [-0.05, 0) is 31.9 Å². The van der Waals surface area contributed by atoms with E-state index >= 15 is 0 Å². The van der Waals surface area contributed by atoms with Gasteiger partial charge in [-0.1, -0.05) is 38.2 Å². The molecule has 6 heteroatoms. The number of benzene rings is 1. The van der Waals surface area contributed by atoms with E-state index in [-0.39, 0.29) is 17.7 Å². The van der Waals surface area contributed by atoms with Gasteiger partial charge in [0.25, 0.3) is 5.69 Å². The number of hydrogen-bond acceptors (Lipinski definition) is 5. The van der Waals surface area contributed by atoms with Gasteiger partial charge in [0.15, 0.2) is 5.72 Å². The fraction of sp³-hybridized carbons (Fsp3) is 0.500. The van der Waals surface area contributed by atoms with Crippen LogP contribution in [-0.2, 0) is 0 Å². The molecule has 1 aliphatic rings. The first-order chi connectivity index (χ1) is 12.2. The normalized spacial score (nSPS) is 25.6. The van der Waals surface area contributed by atoms with Gasteiger partial charge in [0, 0.05) is 30.6 Å². The summed E-state index contributed by atoms with van der Waals surface area (Å²) in [6, 6.07) is 4.64. The van der Waals surface area contributed by atoms with E-state index in [2.05, 4.69) is 24.8 Å². The lowest BCUT2D eigenvalue weighted by Gasteiger charge is -2.50. The predicted molar refractivity (Wildman–Crippen MR) is 102 cm³/mol. The Morgan fingerprint density at radius 2 is 1.96 bits per heavy atom. The summed E-state index contributed by atoms with van der Waals surface area (Å²) in [5.41, 5.74) is -0.216. The van der Waals surface area contributed by atoms with Crippen molar-refractivity contribution >= 4 is 5.69 Å². The van der Waals surface area contributed by atoms with Gasteiger partial charge in [0.2, 0.25) is 0 Å². The standard InChI is InChI=1S/C20H28N2O4/c1-16-15-17(22(24)25)9-10-18(16)26-20(4)19(2,3)11-7-5-6-8-12-21(20)13-14-23/h5-10,15,23H,11-14H2,1-4H3/b7-5-,8-6-. The molecular weight excluding hydrogens is 332 g/mol. The van der Waals surface area contributed by atoms with Gasteiger partial charge in [-0.2, -0.15) is 0 Å². The van der Waals surface area contributed by atoms with E-state index in [9.17, 15) is 15.2 Å². The van der Waals surface area contributed by atoms with E-state index in [4.69, 9.17) is 4.74 Å². The fourth-order valence-corrected chi connectivity index (χ4v) is 3.20. The number of hydrogen-bond donors (Lipinski definition) is 1. The summed E-state index contributed by atoms with van der Waals surface area (Å²) in [5, 5.41) is 20.6. The van der Waals surface area contributed by atoms with Crippen LogP contribution in [0.4, 0.5) is 5.69 Å². The molecule has 1 aliphatic heterocycles. The van der Waals surface area contributed by atoms with Crippen LogP contribution in [0.5, 0.6) is 5.75 Å². The van der Waals surface area contributed by atoms with Gasteiger partial charge in [0.05, 0.1) is 11.5 Å². The number of β-amino-alcohol motifs (C(OH)–C–C–N with tert-alkyl or cyclic N) is 1. The first-order valence-electron chi connectivity index (χ1n) is 8.83. The molecule has 0 bridgehead atoms. The van der Waals surface area contributed by atoms with Crippen LogP contribution in [0.2, 0.25) is 0 Å². The monoisotopic (exact) mass is 360 g/mol. The number of nitro groups is 1. The van der Waals surface area contributed by atoms with Crippen LogP contribution >= 0.6 is 0 Å². The van der Waals surface area contributed by atoms with Gasteiger partial charge in [0.1, 0.15) is 5.75 Å². The smallest absolute Gasteiger partial charge is 0.269 e. The Morgan fingerprint density at radius 3 is 2.58 bits per heavy atom. The largest absolute Gasteiger partial charge is 0.472 e. The summed E-state index contributed by atoms with van der Waals surface area (Å²) in [4.78, 5) is 12.7.